The standard InChI is InChI=1S/C23H40/c1-3-5-9-21-16-18-23(19-17-21)11-7-6-10-22-14-12-20(8-4-2)13-15-22/h5-6,9-10,20-23H,3-4,7-8,11-19H2,1-2H3/b9-5+,10-6+. The fourth-order valence-electron chi connectivity index (χ4n) is 4.70. The summed E-state index contributed by atoms with van der Waals surface area (Å²) in [5.74, 6) is 3.84. The van der Waals surface area contributed by atoms with Crippen molar-refractivity contribution < 1.29 is 0 Å². The summed E-state index contributed by atoms with van der Waals surface area (Å²) in [6.07, 6.45) is 28.4. The molecular formula is C23H40. The van der Waals surface area contributed by atoms with Crippen LogP contribution in [0.5, 0.6) is 0 Å². The van der Waals surface area contributed by atoms with Crippen molar-refractivity contribution in [2.24, 2.45) is 23.7 Å². The van der Waals surface area contributed by atoms with Gasteiger partial charge in [-0.05, 0) is 94.3 Å². The lowest BCUT2D eigenvalue weighted by molar-refractivity contribution is 0.291. The smallest absolute Gasteiger partial charge is 0.0233 e. The predicted octanol–water partition coefficient (Wildman–Crippen LogP) is 7.70. The maximum Gasteiger partial charge on any atom is -0.0233 e. The normalized spacial score (nSPS) is 32.8. The molecule has 0 aromatic carbocycles. The van der Waals surface area contributed by atoms with Crippen LogP contribution in [-0.2, 0) is 0 Å². The topological polar surface area (TPSA) is 0 Å². The quantitative estimate of drug-likeness (QED) is 0.402. The summed E-state index contributed by atoms with van der Waals surface area (Å²) in [5.41, 5.74) is 0. The summed E-state index contributed by atoms with van der Waals surface area (Å²) in [7, 11) is 0. The van der Waals surface area contributed by atoms with E-state index in [-0.39, 0.29) is 0 Å². The number of hydrogen-bond donors (Lipinski definition) is 0. The third-order valence-corrected chi connectivity index (χ3v) is 6.27. The molecule has 0 N–H and O–H groups in total. The summed E-state index contributed by atoms with van der Waals surface area (Å²) in [6, 6.07) is 0. The molecule has 0 unspecified atom stereocenters. The van der Waals surface area contributed by atoms with E-state index in [2.05, 4.69) is 38.2 Å². The Morgan fingerprint density at radius 2 is 1.17 bits per heavy atom. The van der Waals surface area contributed by atoms with Gasteiger partial charge in [0.15, 0.2) is 0 Å². The lowest BCUT2D eigenvalue weighted by Gasteiger charge is -2.27. The Kier molecular flexibility index (Phi) is 9.09. The zero-order valence-corrected chi connectivity index (χ0v) is 15.8. The van der Waals surface area contributed by atoms with Crippen LogP contribution in [0.4, 0.5) is 0 Å². The van der Waals surface area contributed by atoms with Crippen LogP contribution in [0.3, 0.4) is 0 Å². The van der Waals surface area contributed by atoms with Crippen LogP contribution in [0.1, 0.15) is 97.3 Å². The third kappa shape index (κ3) is 7.27. The first-order valence-corrected chi connectivity index (χ1v) is 10.6. The van der Waals surface area contributed by atoms with Crippen molar-refractivity contribution >= 4 is 0 Å². The summed E-state index contributed by atoms with van der Waals surface area (Å²) in [4.78, 5) is 0. The minimum atomic E-state index is 0.889. The zero-order valence-electron chi connectivity index (χ0n) is 15.8. The van der Waals surface area contributed by atoms with Gasteiger partial charge in [0.05, 0.1) is 0 Å². The van der Waals surface area contributed by atoms with Crippen molar-refractivity contribution in [2.75, 3.05) is 0 Å². The van der Waals surface area contributed by atoms with Crippen LogP contribution in [0.2, 0.25) is 0 Å². The second-order valence-electron chi connectivity index (χ2n) is 8.19. The molecule has 2 fully saturated rings. The summed E-state index contributed by atoms with van der Waals surface area (Å²) in [6.45, 7) is 4.57. The summed E-state index contributed by atoms with van der Waals surface area (Å²) in [5, 5.41) is 0. The van der Waals surface area contributed by atoms with Crippen molar-refractivity contribution in [1.29, 1.82) is 0 Å². The molecule has 0 aliphatic heterocycles. The number of hydrogen-bond acceptors (Lipinski definition) is 0. The molecule has 0 aromatic heterocycles. The largest absolute Gasteiger partial charge is 0.0885 e. The van der Waals surface area contributed by atoms with Gasteiger partial charge in [-0.2, -0.15) is 0 Å². The SMILES string of the molecule is CC/C=C/C1CCC(CC/C=C/C2CCC(CCC)CC2)CC1. The van der Waals surface area contributed by atoms with Gasteiger partial charge < -0.3 is 0 Å². The Balaban J connectivity index is 1.55. The lowest BCUT2D eigenvalue weighted by Crippen LogP contribution is -2.13. The summed E-state index contributed by atoms with van der Waals surface area (Å²) >= 11 is 0. The molecule has 0 radical (unpaired) electrons. The van der Waals surface area contributed by atoms with Crippen LogP contribution < -0.4 is 0 Å². The van der Waals surface area contributed by atoms with Crippen molar-refractivity contribution in [2.45, 2.75) is 97.3 Å². The van der Waals surface area contributed by atoms with Crippen molar-refractivity contribution in [1.82, 2.24) is 0 Å². The highest BCUT2D eigenvalue weighted by molar-refractivity contribution is 4.93. The molecule has 0 amide bonds. The van der Waals surface area contributed by atoms with Crippen molar-refractivity contribution in [3.8, 4) is 0 Å². The molecule has 132 valence electrons. The molecule has 2 aliphatic rings. The average Bonchev–Trinajstić information content (AvgIpc) is 2.59. The lowest BCUT2D eigenvalue weighted by atomic mass is 9.79. The molecule has 0 spiro atoms. The maximum atomic E-state index is 2.57. The van der Waals surface area contributed by atoms with Gasteiger partial charge in [-0.15, -0.1) is 0 Å². The zero-order chi connectivity index (χ0) is 16.3. The van der Waals surface area contributed by atoms with Crippen LogP contribution in [0.25, 0.3) is 0 Å². The molecule has 0 heteroatoms. The first kappa shape index (κ1) is 18.8. The maximum absolute atomic E-state index is 2.57. The molecule has 0 atom stereocenters. The van der Waals surface area contributed by atoms with Gasteiger partial charge in [0.1, 0.15) is 0 Å². The van der Waals surface area contributed by atoms with E-state index in [1.165, 1.54) is 83.5 Å². The number of rotatable bonds is 8. The molecule has 0 heterocycles. The second kappa shape index (κ2) is 11.1. The van der Waals surface area contributed by atoms with E-state index in [1.54, 1.807) is 0 Å². The van der Waals surface area contributed by atoms with Crippen LogP contribution in [0.15, 0.2) is 24.3 Å². The van der Waals surface area contributed by atoms with E-state index < -0.39 is 0 Å². The molecule has 2 aliphatic carbocycles. The Hall–Kier alpha value is -0.520. The van der Waals surface area contributed by atoms with Gasteiger partial charge in [-0.3, -0.25) is 0 Å². The van der Waals surface area contributed by atoms with E-state index in [9.17, 15) is 0 Å². The van der Waals surface area contributed by atoms with E-state index in [1.807, 2.05) is 0 Å². The van der Waals surface area contributed by atoms with Crippen LogP contribution >= 0.6 is 0 Å². The Morgan fingerprint density at radius 3 is 1.70 bits per heavy atom. The molecule has 23 heavy (non-hydrogen) atoms. The monoisotopic (exact) mass is 316 g/mol. The molecule has 0 bridgehead atoms. The van der Waals surface area contributed by atoms with Crippen LogP contribution in [0, 0.1) is 23.7 Å². The average molecular weight is 317 g/mol. The van der Waals surface area contributed by atoms with Gasteiger partial charge in [0.2, 0.25) is 0 Å². The minimum absolute atomic E-state index is 0.889. The van der Waals surface area contributed by atoms with Crippen molar-refractivity contribution in [3.05, 3.63) is 24.3 Å². The predicted molar refractivity (Wildman–Crippen MR) is 104 cm³/mol. The molecule has 2 saturated carbocycles. The molecule has 0 aromatic rings. The van der Waals surface area contributed by atoms with E-state index in [0.29, 0.717) is 0 Å². The fourth-order valence-corrected chi connectivity index (χ4v) is 4.70. The van der Waals surface area contributed by atoms with E-state index in [4.69, 9.17) is 0 Å². The molecular weight excluding hydrogens is 276 g/mol. The highest BCUT2D eigenvalue weighted by Gasteiger charge is 2.20. The molecule has 0 nitrogen and oxygen atoms in total. The molecule has 2 rings (SSSR count). The van der Waals surface area contributed by atoms with Gasteiger partial charge >= 0.3 is 0 Å². The molecule has 0 saturated heterocycles. The second-order valence-corrected chi connectivity index (χ2v) is 8.19. The first-order chi connectivity index (χ1) is 11.3. The van der Waals surface area contributed by atoms with Gasteiger partial charge in [-0.1, -0.05) is 51.0 Å². The number of allylic oxidation sites excluding steroid dienone is 4. The Bertz CT molecular complexity index is 335. The van der Waals surface area contributed by atoms with E-state index in [0.717, 1.165) is 23.7 Å². The van der Waals surface area contributed by atoms with Crippen molar-refractivity contribution in [3.63, 3.8) is 0 Å². The minimum Gasteiger partial charge on any atom is -0.0885 e. The van der Waals surface area contributed by atoms with Gasteiger partial charge in [0, 0.05) is 0 Å². The Labute approximate surface area is 145 Å². The third-order valence-electron chi connectivity index (χ3n) is 6.27. The van der Waals surface area contributed by atoms with Gasteiger partial charge in [-0.25, -0.2) is 0 Å². The highest BCUT2D eigenvalue weighted by Crippen LogP contribution is 2.34. The van der Waals surface area contributed by atoms with E-state index >= 15 is 0 Å². The first-order valence-electron chi connectivity index (χ1n) is 10.6. The highest BCUT2D eigenvalue weighted by atomic mass is 14.3. The Morgan fingerprint density at radius 1 is 0.652 bits per heavy atom. The van der Waals surface area contributed by atoms with Crippen LogP contribution in [-0.4, -0.2) is 0 Å². The van der Waals surface area contributed by atoms with Gasteiger partial charge in [0.25, 0.3) is 0 Å². The summed E-state index contributed by atoms with van der Waals surface area (Å²) < 4.78 is 0. The fraction of sp³-hybridized carbons (Fsp3) is 0.826.